The second kappa shape index (κ2) is 6.34. The molecule has 0 saturated heterocycles. The van der Waals surface area contributed by atoms with Gasteiger partial charge in [-0.25, -0.2) is 0 Å². The number of benzene rings is 4. The van der Waals surface area contributed by atoms with E-state index in [4.69, 9.17) is 4.42 Å². The van der Waals surface area contributed by atoms with Crippen LogP contribution < -0.4 is 0 Å². The van der Waals surface area contributed by atoms with E-state index in [1.54, 1.807) is 0 Å². The highest BCUT2D eigenvalue weighted by Gasteiger charge is 2.26. The molecule has 5 rings (SSSR count). The maximum Gasteiger partial charge on any atom is 0.143 e. The van der Waals surface area contributed by atoms with Crippen LogP contribution in [0.25, 0.3) is 43.5 Å². The van der Waals surface area contributed by atoms with Crippen LogP contribution in [0.5, 0.6) is 0 Å². The summed E-state index contributed by atoms with van der Waals surface area (Å²) in [4.78, 5) is 0. The molecule has 0 bridgehead atoms. The van der Waals surface area contributed by atoms with E-state index < -0.39 is 0 Å². The number of hydrogen-bond donors (Lipinski definition) is 0. The van der Waals surface area contributed by atoms with Crippen molar-refractivity contribution < 1.29 is 4.42 Å². The zero-order valence-electron chi connectivity index (χ0n) is 19.1. The van der Waals surface area contributed by atoms with Gasteiger partial charge in [-0.15, -0.1) is 0 Å². The first kappa shape index (κ1) is 19.6. The number of furan rings is 1. The highest BCUT2D eigenvalue weighted by atomic mass is 16.3. The minimum atomic E-state index is -0.0587. The van der Waals surface area contributed by atoms with Crippen LogP contribution in [0, 0.1) is 11.3 Å². The fourth-order valence-corrected chi connectivity index (χ4v) is 4.62. The van der Waals surface area contributed by atoms with Crippen LogP contribution in [0.2, 0.25) is 0 Å². The van der Waals surface area contributed by atoms with Crippen molar-refractivity contribution in [3.8, 4) is 6.07 Å². The molecule has 2 heteroatoms. The van der Waals surface area contributed by atoms with Gasteiger partial charge in [0.1, 0.15) is 11.2 Å². The first-order valence-corrected chi connectivity index (χ1v) is 10.9. The molecule has 0 fully saturated rings. The van der Waals surface area contributed by atoms with Crippen molar-refractivity contribution >= 4 is 43.5 Å². The fourth-order valence-electron chi connectivity index (χ4n) is 4.62. The molecule has 0 aliphatic rings. The van der Waals surface area contributed by atoms with Gasteiger partial charge in [0.15, 0.2) is 0 Å². The van der Waals surface area contributed by atoms with Crippen LogP contribution >= 0.6 is 0 Å². The normalized spacial score (nSPS) is 12.8. The molecule has 0 radical (unpaired) electrons. The second-order valence-electron chi connectivity index (χ2n) is 10.6. The van der Waals surface area contributed by atoms with Crippen LogP contribution in [0.15, 0.2) is 59.0 Å². The van der Waals surface area contributed by atoms with Crippen molar-refractivity contribution in [2.45, 2.75) is 52.4 Å². The molecule has 31 heavy (non-hydrogen) atoms. The summed E-state index contributed by atoms with van der Waals surface area (Å²) in [5, 5.41) is 16.3. The summed E-state index contributed by atoms with van der Waals surface area (Å²) >= 11 is 0. The Morgan fingerprint density at radius 3 is 2.00 bits per heavy atom. The Bertz CT molecular complexity index is 1550. The van der Waals surface area contributed by atoms with Gasteiger partial charge in [-0.3, -0.25) is 0 Å². The summed E-state index contributed by atoms with van der Waals surface area (Å²) in [7, 11) is 0. The minimum Gasteiger partial charge on any atom is -0.455 e. The van der Waals surface area contributed by atoms with Gasteiger partial charge in [-0.2, -0.15) is 5.26 Å². The lowest BCUT2D eigenvalue weighted by Crippen LogP contribution is -2.16. The summed E-state index contributed by atoms with van der Waals surface area (Å²) in [6.45, 7) is 13.5. The Morgan fingerprint density at radius 1 is 0.677 bits per heavy atom. The predicted molar refractivity (Wildman–Crippen MR) is 131 cm³/mol. The second-order valence-corrected chi connectivity index (χ2v) is 10.6. The molecule has 2 nitrogen and oxygen atoms in total. The molecule has 0 amide bonds. The van der Waals surface area contributed by atoms with Crippen molar-refractivity contribution in [2.24, 2.45) is 0 Å². The van der Waals surface area contributed by atoms with Crippen LogP contribution in [0.3, 0.4) is 0 Å². The zero-order valence-corrected chi connectivity index (χ0v) is 19.1. The van der Waals surface area contributed by atoms with Gasteiger partial charge in [0.25, 0.3) is 0 Å². The van der Waals surface area contributed by atoms with E-state index in [1.165, 1.54) is 11.1 Å². The lowest BCUT2D eigenvalue weighted by molar-refractivity contribution is 0.559. The molecule has 0 unspecified atom stereocenters. The van der Waals surface area contributed by atoms with E-state index >= 15 is 0 Å². The van der Waals surface area contributed by atoms with Gasteiger partial charge >= 0.3 is 0 Å². The number of nitrogens with zero attached hydrogens (tertiary/aromatic N) is 1. The predicted octanol–water partition coefficient (Wildman–Crippen LogP) is 8.36. The van der Waals surface area contributed by atoms with E-state index in [1.807, 2.05) is 12.1 Å². The maximum atomic E-state index is 9.57. The van der Waals surface area contributed by atoms with E-state index in [0.717, 1.165) is 43.5 Å². The molecular formula is C29H27NO. The molecule has 0 aliphatic carbocycles. The maximum absolute atomic E-state index is 9.57. The average Bonchev–Trinajstić information content (AvgIpc) is 3.11. The third kappa shape index (κ3) is 2.92. The van der Waals surface area contributed by atoms with Crippen LogP contribution in [-0.2, 0) is 10.8 Å². The van der Waals surface area contributed by atoms with Gasteiger partial charge in [0, 0.05) is 21.7 Å². The van der Waals surface area contributed by atoms with Crippen molar-refractivity contribution in [1.82, 2.24) is 0 Å². The molecule has 4 aromatic carbocycles. The SMILES string of the molecule is CC(C)(C)c1cc(C(C)(C)C)c2oc3c4ccccc4c4ccc(C#N)cc4c3c2c1. The molecule has 0 atom stereocenters. The smallest absolute Gasteiger partial charge is 0.143 e. The largest absolute Gasteiger partial charge is 0.455 e. The van der Waals surface area contributed by atoms with Crippen molar-refractivity contribution in [2.75, 3.05) is 0 Å². The monoisotopic (exact) mass is 405 g/mol. The minimum absolute atomic E-state index is 0.0161. The quantitative estimate of drug-likeness (QED) is 0.243. The van der Waals surface area contributed by atoms with Gasteiger partial charge in [-0.1, -0.05) is 77.9 Å². The standard InChI is InChI=1S/C29H27NO/c1-28(2,3)18-14-23-25-22-13-17(16-30)11-12-20(22)19-9-7-8-10-21(19)27(25)31-26(23)24(15-18)29(4,5)6/h7-15H,1-6H3. The van der Waals surface area contributed by atoms with Gasteiger partial charge in [0.05, 0.1) is 11.6 Å². The van der Waals surface area contributed by atoms with E-state index in [0.29, 0.717) is 5.56 Å². The molecule has 0 saturated carbocycles. The topological polar surface area (TPSA) is 36.9 Å². The van der Waals surface area contributed by atoms with Gasteiger partial charge in [-0.05, 0) is 50.8 Å². The van der Waals surface area contributed by atoms with Crippen LogP contribution in [0.4, 0.5) is 0 Å². The Balaban J connectivity index is 2.12. The molecule has 0 spiro atoms. The number of rotatable bonds is 0. The van der Waals surface area contributed by atoms with E-state index in [-0.39, 0.29) is 10.8 Å². The van der Waals surface area contributed by atoms with Crippen molar-refractivity contribution in [3.05, 3.63) is 71.3 Å². The molecule has 1 heterocycles. The third-order valence-electron chi connectivity index (χ3n) is 6.34. The molecule has 5 aromatic rings. The number of hydrogen-bond acceptors (Lipinski definition) is 2. The molecule has 0 N–H and O–H groups in total. The number of nitriles is 1. The third-order valence-corrected chi connectivity index (χ3v) is 6.34. The molecule has 154 valence electrons. The fraction of sp³-hybridized carbons (Fsp3) is 0.276. The van der Waals surface area contributed by atoms with Gasteiger partial charge < -0.3 is 4.42 Å². The summed E-state index contributed by atoms with van der Waals surface area (Å²) in [5.74, 6) is 0. The summed E-state index contributed by atoms with van der Waals surface area (Å²) in [6, 6.07) is 21.3. The van der Waals surface area contributed by atoms with Crippen molar-refractivity contribution in [3.63, 3.8) is 0 Å². The lowest BCUT2D eigenvalue weighted by Gasteiger charge is -2.25. The Labute approximate surface area is 183 Å². The van der Waals surface area contributed by atoms with Crippen molar-refractivity contribution in [1.29, 1.82) is 5.26 Å². The summed E-state index contributed by atoms with van der Waals surface area (Å²) < 4.78 is 6.69. The Kier molecular flexibility index (Phi) is 4.02. The molecule has 0 aliphatic heterocycles. The van der Waals surface area contributed by atoms with E-state index in [9.17, 15) is 5.26 Å². The first-order chi connectivity index (χ1) is 14.6. The molecule has 1 aromatic heterocycles. The lowest BCUT2D eigenvalue weighted by atomic mass is 9.79. The highest BCUT2D eigenvalue weighted by molar-refractivity contribution is 6.30. The average molecular weight is 406 g/mol. The van der Waals surface area contributed by atoms with Gasteiger partial charge in [0.2, 0.25) is 0 Å². The highest BCUT2D eigenvalue weighted by Crippen LogP contribution is 2.45. The zero-order chi connectivity index (χ0) is 22.1. The number of fused-ring (bicyclic) bond motifs is 8. The van der Waals surface area contributed by atoms with Crippen LogP contribution in [-0.4, -0.2) is 0 Å². The summed E-state index contributed by atoms with van der Waals surface area (Å²) in [5.41, 5.74) is 5.01. The summed E-state index contributed by atoms with van der Waals surface area (Å²) in [6.07, 6.45) is 0. The molecular weight excluding hydrogens is 378 g/mol. The Morgan fingerprint density at radius 2 is 1.35 bits per heavy atom. The van der Waals surface area contributed by atoms with Crippen LogP contribution in [0.1, 0.15) is 58.2 Å². The van der Waals surface area contributed by atoms with E-state index in [2.05, 4.69) is 90.1 Å². The first-order valence-electron chi connectivity index (χ1n) is 10.9. The Hall–Kier alpha value is -3.31.